The van der Waals surface area contributed by atoms with Gasteiger partial charge in [0.2, 0.25) is 11.3 Å². The number of carbonyl (C=O) groups is 2. The van der Waals surface area contributed by atoms with E-state index in [0.717, 1.165) is 12.1 Å². The Morgan fingerprint density at radius 3 is 2.43 bits per heavy atom. The molecule has 1 fully saturated rings. The average Bonchev–Trinajstić information content (AvgIpc) is 2.87. The Morgan fingerprint density at radius 1 is 1.11 bits per heavy atom. The maximum absolute atomic E-state index is 14.4. The molecule has 1 saturated heterocycles. The number of hydrogen-bond donors (Lipinski definition) is 0. The fourth-order valence-electron chi connectivity index (χ4n) is 4.24. The number of carbonyl (C=O) groups excluding carboxylic acids is 2. The molecule has 4 rings (SSSR count). The van der Waals surface area contributed by atoms with Crippen LogP contribution in [-0.4, -0.2) is 53.1 Å². The van der Waals surface area contributed by atoms with Crippen LogP contribution >= 0.6 is 0 Å². The second kappa shape index (κ2) is 10.2. The summed E-state index contributed by atoms with van der Waals surface area (Å²) in [5, 5.41) is 0. The molecule has 0 unspecified atom stereocenters. The van der Waals surface area contributed by atoms with E-state index in [9.17, 15) is 23.2 Å². The maximum atomic E-state index is 14.4. The van der Waals surface area contributed by atoms with Crippen molar-refractivity contribution in [3.63, 3.8) is 0 Å². The number of hydrogen-bond acceptors (Lipinski definition) is 6. The average molecular weight is 485 g/mol. The third-order valence-electron chi connectivity index (χ3n) is 6.13. The Hall–Kier alpha value is -3.82. The van der Waals surface area contributed by atoms with Gasteiger partial charge in [0.1, 0.15) is 22.7 Å². The molecule has 0 saturated carbocycles. The summed E-state index contributed by atoms with van der Waals surface area (Å²) >= 11 is 0. The topological polar surface area (TPSA) is 90.7 Å². The van der Waals surface area contributed by atoms with Crippen molar-refractivity contribution in [1.29, 1.82) is 0 Å². The second-order valence-electron chi connectivity index (χ2n) is 8.24. The number of pyridine rings is 2. The normalized spacial score (nSPS) is 14.2. The molecule has 3 aromatic rings. The van der Waals surface area contributed by atoms with E-state index in [-0.39, 0.29) is 60.7 Å². The van der Waals surface area contributed by atoms with Crippen LogP contribution < -0.4 is 10.2 Å². The van der Waals surface area contributed by atoms with E-state index in [4.69, 9.17) is 9.47 Å². The van der Waals surface area contributed by atoms with Gasteiger partial charge in [0, 0.05) is 30.9 Å². The number of rotatable bonds is 6. The van der Waals surface area contributed by atoms with Gasteiger partial charge in [0.25, 0.3) is 5.91 Å². The van der Waals surface area contributed by atoms with Crippen LogP contribution in [0.4, 0.5) is 8.78 Å². The van der Waals surface area contributed by atoms with Crippen molar-refractivity contribution < 1.29 is 27.8 Å². The van der Waals surface area contributed by atoms with Gasteiger partial charge in [0.15, 0.2) is 0 Å². The predicted octanol–water partition coefficient (Wildman–Crippen LogP) is 3.15. The highest BCUT2D eigenvalue weighted by Gasteiger charge is 2.30. The molecule has 0 atom stereocenters. The molecule has 0 aliphatic carbocycles. The fourth-order valence-corrected chi connectivity index (χ4v) is 4.24. The lowest BCUT2D eigenvalue weighted by atomic mass is 9.96. The number of methoxy groups -OCH3 is 1. The van der Waals surface area contributed by atoms with Gasteiger partial charge in [-0.1, -0.05) is 6.07 Å². The Balaban J connectivity index is 1.72. The monoisotopic (exact) mass is 485 g/mol. The highest BCUT2D eigenvalue weighted by molar-refractivity contribution is 5.97. The van der Waals surface area contributed by atoms with Gasteiger partial charge in [-0.3, -0.25) is 14.4 Å². The first kappa shape index (κ1) is 24.3. The van der Waals surface area contributed by atoms with E-state index < -0.39 is 23.0 Å². The maximum Gasteiger partial charge on any atom is 0.309 e. The minimum absolute atomic E-state index is 0.0478. The van der Waals surface area contributed by atoms with Crippen LogP contribution in [0.25, 0.3) is 11.0 Å². The van der Waals surface area contributed by atoms with Gasteiger partial charge in [-0.15, -0.1) is 0 Å². The quantitative estimate of drug-likeness (QED) is 0.499. The molecular formula is C25H25F2N3O5. The highest BCUT2D eigenvalue weighted by Crippen LogP contribution is 2.22. The van der Waals surface area contributed by atoms with E-state index in [1.165, 1.54) is 34.9 Å². The van der Waals surface area contributed by atoms with Gasteiger partial charge < -0.3 is 18.9 Å². The number of ether oxygens (including phenoxy) is 2. The molecule has 0 N–H and O–H groups in total. The van der Waals surface area contributed by atoms with Gasteiger partial charge in [0.05, 0.1) is 31.7 Å². The fraction of sp³-hybridized carbons (Fsp3) is 0.360. The lowest BCUT2D eigenvalue weighted by molar-refractivity contribution is -0.149. The standard InChI is InChI=1S/C25H25F2N3O5/c1-3-35-25(33)15-9-11-29(12-10-15)24(32)17-14-30(13-16-18(26)5-4-6-19(16)27)20-7-8-21(34-2)28-22(20)23(17)31/h4-8,14-15H,3,9-13H2,1-2H3. The summed E-state index contributed by atoms with van der Waals surface area (Å²) in [4.78, 5) is 44.3. The SMILES string of the molecule is CCOC(=O)C1CCN(C(=O)c2cn(Cc3c(F)cccc3F)c3ccc(OC)nc3c2=O)CC1. The lowest BCUT2D eigenvalue weighted by Gasteiger charge is -2.31. The van der Waals surface area contributed by atoms with Crippen molar-refractivity contribution in [3.8, 4) is 5.88 Å². The number of esters is 1. The predicted molar refractivity (Wildman–Crippen MR) is 123 cm³/mol. The number of aromatic nitrogens is 2. The van der Waals surface area contributed by atoms with Crippen LogP contribution in [0.2, 0.25) is 0 Å². The Bertz CT molecular complexity index is 1310. The first-order valence-electron chi connectivity index (χ1n) is 11.3. The molecule has 1 aliphatic rings. The van der Waals surface area contributed by atoms with Gasteiger partial charge >= 0.3 is 5.97 Å². The van der Waals surface area contributed by atoms with Crippen molar-refractivity contribution in [2.24, 2.45) is 5.92 Å². The first-order valence-corrected chi connectivity index (χ1v) is 11.3. The molecule has 2 aromatic heterocycles. The largest absolute Gasteiger partial charge is 0.481 e. The number of benzene rings is 1. The molecule has 184 valence electrons. The molecular weight excluding hydrogens is 460 g/mol. The third-order valence-corrected chi connectivity index (χ3v) is 6.13. The number of likely N-dealkylation sites (tertiary alicyclic amines) is 1. The number of amides is 1. The Morgan fingerprint density at radius 2 is 1.80 bits per heavy atom. The van der Waals surface area contributed by atoms with Crippen molar-refractivity contribution in [2.45, 2.75) is 26.3 Å². The minimum atomic E-state index is -0.743. The van der Waals surface area contributed by atoms with Crippen LogP contribution in [-0.2, 0) is 16.1 Å². The van der Waals surface area contributed by atoms with Crippen LogP contribution in [0, 0.1) is 17.6 Å². The third kappa shape index (κ3) is 4.87. The van der Waals surface area contributed by atoms with Crippen molar-refractivity contribution in [1.82, 2.24) is 14.5 Å². The van der Waals surface area contributed by atoms with Gasteiger partial charge in [-0.25, -0.2) is 13.8 Å². The molecule has 0 spiro atoms. The second-order valence-corrected chi connectivity index (χ2v) is 8.24. The highest BCUT2D eigenvalue weighted by atomic mass is 19.1. The van der Waals surface area contributed by atoms with Crippen LogP contribution in [0.15, 0.2) is 41.3 Å². The van der Waals surface area contributed by atoms with Crippen molar-refractivity contribution >= 4 is 22.9 Å². The summed E-state index contributed by atoms with van der Waals surface area (Å²) < 4.78 is 40.4. The van der Waals surface area contributed by atoms with Crippen LogP contribution in [0.5, 0.6) is 5.88 Å². The van der Waals surface area contributed by atoms with Crippen molar-refractivity contribution in [2.75, 3.05) is 26.8 Å². The number of nitrogens with zero attached hydrogens (tertiary/aromatic N) is 3. The Labute approximate surface area is 200 Å². The summed E-state index contributed by atoms with van der Waals surface area (Å²) in [7, 11) is 1.39. The zero-order valence-electron chi connectivity index (χ0n) is 19.4. The molecule has 35 heavy (non-hydrogen) atoms. The molecule has 0 bridgehead atoms. The first-order chi connectivity index (χ1) is 16.8. The number of piperidine rings is 1. The zero-order valence-corrected chi connectivity index (χ0v) is 19.4. The minimum Gasteiger partial charge on any atom is -0.481 e. The van der Waals surface area contributed by atoms with Gasteiger partial charge in [-0.2, -0.15) is 0 Å². The molecule has 1 aliphatic heterocycles. The summed E-state index contributed by atoms with van der Waals surface area (Å²) in [5.41, 5.74) is -0.738. The number of fused-ring (bicyclic) bond motifs is 1. The Kier molecular flexibility index (Phi) is 7.09. The lowest BCUT2D eigenvalue weighted by Crippen LogP contribution is -2.42. The molecule has 8 nitrogen and oxygen atoms in total. The van der Waals surface area contributed by atoms with E-state index in [1.54, 1.807) is 13.0 Å². The summed E-state index contributed by atoms with van der Waals surface area (Å²) in [6.07, 6.45) is 2.14. The van der Waals surface area contributed by atoms with Crippen LogP contribution in [0.1, 0.15) is 35.7 Å². The summed E-state index contributed by atoms with van der Waals surface area (Å²) in [5.74, 6) is -2.46. The smallest absolute Gasteiger partial charge is 0.309 e. The molecule has 3 heterocycles. The summed E-state index contributed by atoms with van der Waals surface area (Å²) in [6.45, 7) is 2.31. The molecule has 1 aromatic carbocycles. The molecule has 0 radical (unpaired) electrons. The molecule has 10 heteroatoms. The van der Waals surface area contributed by atoms with E-state index in [1.807, 2.05) is 0 Å². The van der Waals surface area contributed by atoms with E-state index in [2.05, 4.69) is 4.98 Å². The zero-order chi connectivity index (χ0) is 25.1. The molecule has 1 amide bonds. The van der Waals surface area contributed by atoms with Gasteiger partial charge in [-0.05, 0) is 38.0 Å². The van der Waals surface area contributed by atoms with Crippen molar-refractivity contribution in [3.05, 3.63) is 69.5 Å². The number of halogens is 2. The van der Waals surface area contributed by atoms with E-state index >= 15 is 0 Å². The van der Waals surface area contributed by atoms with Crippen LogP contribution in [0.3, 0.4) is 0 Å². The van der Waals surface area contributed by atoms with E-state index in [0.29, 0.717) is 18.4 Å². The summed E-state index contributed by atoms with van der Waals surface area (Å²) in [6, 6.07) is 6.63.